The largest absolute Gasteiger partial charge is 0.569 e. The second-order valence-corrected chi connectivity index (χ2v) is 9.17. The van der Waals surface area contributed by atoms with Gasteiger partial charge in [-0.2, -0.15) is 0 Å². The van der Waals surface area contributed by atoms with E-state index in [2.05, 4.69) is 0 Å². The van der Waals surface area contributed by atoms with Crippen molar-refractivity contribution < 1.29 is 24.4 Å². The molecule has 2 spiro atoms. The van der Waals surface area contributed by atoms with E-state index in [1.165, 1.54) is 0 Å². The van der Waals surface area contributed by atoms with E-state index in [0.29, 0.717) is 50.2 Å². The van der Waals surface area contributed by atoms with E-state index in [1.54, 1.807) is 0 Å². The Balaban J connectivity index is 1.53. The van der Waals surface area contributed by atoms with Crippen LogP contribution in [0.3, 0.4) is 0 Å². The lowest BCUT2D eigenvalue weighted by atomic mass is 9.57. The van der Waals surface area contributed by atoms with Crippen molar-refractivity contribution >= 4 is 0 Å². The van der Waals surface area contributed by atoms with Crippen molar-refractivity contribution in [3.8, 4) is 0 Å². The van der Waals surface area contributed by atoms with Crippen molar-refractivity contribution in [1.82, 2.24) is 5.23 Å². The maximum absolute atomic E-state index is 11.9. The van der Waals surface area contributed by atoms with Gasteiger partial charge in [-0.25, -0.2) is 4.84 Å². The summed E-state index contributed by atoms with van der Waals surface area (Å²) in [7, 11) is 0. The first-order chi connectivity index (χ1) is 13.2. The van der Waals surface area contributed by atoms with Crippen LogP contribution in [0.1, 0.15) is 70.6 Å². The molecular formula is C16H22N4O8. The van der Waals surface area contributed by atoms with E-state index in [4.69, 9.17) is 9.68 Å². The summed E-state index contributed by atoms with van der Waals surface area (Å²) in [6.07, 6.45) is 5.13. The molecule has 0 bridgehead atoms. The molecule has 1 atom stereocenters. The van der Waals surface area contributed by atoms with Crippen LogP contribution in [-0.2, 0) is 9.68 Å². The van der Waals surface area contributed by atoms with E-state index < -0.39 is 38.8 Å². The standard InChI is InChI=1S/C16H22N4O8/c21-17(22)13(3-1-4-13)14(5-2-6-14)27-20-16(18(23)24,19(25)26)11-15(28-20)10-9-12(15)7-8-12/h1-11H2. The van der Waals surface area contributed by atoms with Gasteiger partial charge in [-0.05, 0) is 51.4 Å². The first-order valence-electron chi connectivity index (χ1n) is 9.80. The highest BCUT2D eigenvalue weighted by Crippen LogP contribution is 2.73. The molecule has 0 aromatic heterocycles. The summed E-state index contributed by atoms with van der Waals surface area (Å²) in [5.41, 5.74) is -3.90. The summed E-state index contributed by atoms with van der Waals surface area (Å²) in [6.45, 7) is 0. The molecule has 1 aliphatic heterocycles. The number of nitro groups is 3. The third-order valence-electron chi connectivity index (χ3n) is 8.28. The molecule has 28 heavy (non-hydrogen) atoms. The average Bonchev–Trinajstić information content (AvgIpc) is 3.28. The van der Waals surface area contributed by atoms with Crippen LogP contribution in [0.15, 0.2) is 0 Å². The summed E-state index contributed by atoms with van der Waals surface area (Å²) < 4.78 is 0. The van der Waals surface area contributed by atoms with Gasteiger partial charge in [-0.3, -0.25) is 35.2 Å². The van der Waals surface area contributed by atoms with Gasteiger partial charge in [0.2, 0.25) is 0 Å². The average molecular weight is 398 g/mol. The Morgan fingerprint density at radius 2 is 1.36 bits per heavy atom. The lowest BCUT2D eigenvalue weighted by molar-refractivity contribution is -0.855. The SMILES string of the molecule is O=[N+]([O-])C1([N+](=O)[O-])CC2(CCC23CC3)ON1OC1(C2([N+](=O)[O-])CCC2)CCC1. The molecule has 5 rings (SSSR count). The van der Waals surface area contributed by atoms with Gasteiger partial charge in [0, 0.05) is 23.2 Å². The molecule has 5 aliphatic rings. The third-order valence-corrected chi connectivity index (χ3v) is 8.28. The zero-order chi connectivity index (χ0) is 20.0. The van der Waals surface area contributed by atoms with Crippen molar-refractivity contribution in [2.75, 3.05) is 0 Å². The lowest BCUT2D eigenvalue weighted by Crippen LogP contribution is -2.71. The first-order valence-corrected chi connectivity index (χ1v) is 9.80. The summed E-state index contributed by atoms with van der Waals surface area (Å²) in [6, 6.07) is 0. The molecule has 0 amide bonds. The van der Waals surface area contributed by atoms with Gasteiger partial charge in [0.1, 0.15) is 21.9 Å². The van der Waals surface area contributed by atoms with Crippen LogP contribution in [-0.4, -0.2) is 42.5 Å². The van der Waals surface area contributed by atoms with Gasteiger partial charge in [-0.1, -0.05) is 0 Å². The van der Waals surface area contributed by atoms with Gasteiger partial charge in [0.25, 0.3) is 5.54 Å². The molecule has 5 fully saturated rings. The van der Waals surface area contributed by atoms with Crippen molar-refractivity contribution in [3.63, 3.8) is 0 Å². The number of hydroxylamine groups is 2. The molecule has 4 saturated carbocycles. The van der Waals surface area contributed by atoms with Crippen LogP contribution in [0, 0.1) is 35.8 Å². The zero-order valence-electron chi connectivity index (χ0n) is 15.3. The fourth-order valence-corrected chi connectivity index (χ4v) is 5.78. The summed E-state index contributed by atoms with van der Waals surface area (Å²) in [4.78, 5) is 45.2. The quantitative estimate of drug-likeness (QED) is 0.372. The Kier molecular flexibility index (Phi) is 3.34. The molecule has 12 heteroatoms. The maximum Gasteiger partial charge on any atom is 0.569 e. The van der Waals surface area contributed by atoms with Gasteiger partial charge >= 0.3 is 5.79 Å². The van der Waals surface area contributed by atoms with Gasteiger partial charge < -0.3 is 0 Å². The minimum atomic E-state index is -2.78. The van der Waals surface area contributed by atoms with Crippen LogP contribution in [0.2, 0.25) is 0 Å². The van der Waals surface area contributed by atoms with E-state index >= 15 is 0 Å². The predicted molar refractivity (Wildman–Crippen MR) is 89.1 cm³/mol. The smallest absolute Gasteiger partial charge is 0.264 e. The van der Waals surface area contributed by atoms with Gasteiger partial charge in [0.05, 0.1) is 5.23 Å². The predicted octanol–water partition coefficient (Wildman–Crippen LogP) is 2.20. The highest BCUT2D eigenvalue weighted by Gasteiger charge is 2.85. The maximum atomic E-state index is 11.9. The molecule has 1 heterocycles. The summed E-state index contributed by atoms with van der Waals surface area (Å²) in [5.74, 6) is -2.78. The van der Waals surface area contributed by atoms with Crippen LogP contribution < -0.4 is 0 Å². The van der Waals surface area contributed by atoms with Gasteiger partial charge in [-0.15, -0.1) is 0 Å². The Bertz CT molecular complexity index is 761. The van der Waals surface area contributed by atoms with Crippen LogP contribution >= 0.6 is 0 Å². The van der Waals surface area contributed by atoms with Crippen LogP contribution in [0.4, 0.5) is 0 Å². The molecule has 12 nitrogen and oxygen atoms in total. The zero-order valence-corrected chi connectivity index (χ0v) is 15.3. The minimum Gasteiger partial charge on any atom is -0.264 e. The fraction of sp³-hybridized carbons (Fsp3) is 1.00. The topological polar surface area (TPSA) is 151 Å². The highest BCUT2D eigenvalue weighted by molar-refractivity contribution is 5.19. The Morgan fingerprint density at radius 3 is 1.68 bits per heavy atom. The first kappa shape index (κ1) is 18.1. The second kappa shape index (κ2) is 5.16. The second-order valence-electron chi connectivity index (χ2n) is 9.17. The van der Waals surface area contributed by atoms with Crippen molar-refractivity contribution in [2.45, 2.75) is 93.2 Å². The van der Waals surface area contributed by atoms with E-state index in [0.717, 1.165) is 19.3 Å². The number of fused-ring (bicyclic) bond motifs is 1. The Labute approximate surface area is 159 Å². The lowest BCUT2D eigenvalue weighted by Gasteiger charge is -2.53. The number of hydrogen-bond acceptors (Lipinski definition) is 9. The van der Waals surface area contributed by atoms with E-state index in [1.807, 2.05) is 0 Å². The molecule has 154 valence electrons. The monoisotopic (exact) mass is 398 g/mol. The van der Waals surface area contributed by atoms with Crippen molar-refractivity contribution in [2.24, 2.45) is 5.41 Å². The number of nitrogens with zero attached hydrogens (tertiary/aromatic N) is 4. The van der Waals surface area contributed by atoms with Crippen molar-refractivity contribution in [3.05, 3.63) is 30.3 Å². The summed E-state index contributed by atoms with van der Waals surface area (Å²) >= 11 is 0. The van der Waals surface area contributed by atoms with E-state index in [9.17, 15) is 30.3 Å². The van der Waals surface area contributed by atoms with E-state index in [-0.39, 0.29) is 10.3 Å². The molecule has 4 aliphatic carbocycles. The molecule has 0 radical (unpaired) electrons. The fourth-order valence-electron chi connectivity index (χ4n) is 5.78. The highest BCUT2D eigenvalue weighted by atomic mass is 17.0. The minimum absolute atomic E-state index is 0.258. The Morgan fingerprint density at radius 1 is 0.786 bits per heavy atom. The number of hydrogen-bond donors (Lipinski definition) is 0. The molecule has 0 aromatic carbocycles. The summed E-state index contributed by atoms with van der Waals surface area (Å²) in [5, 5.41) is 36.2. The molecule has 1 unspecified atom stereocenters. The molecule has 0 aromatic rings. The van der Waals surface area contributed by atoms with Crippen molar-refractivity contribution in [1.29, 1.82) is 0 Å². The molecule has 1 saturated heterocycles. The van der Waals surface area contributed by atoms with Crippen LogP contribution in [0.25, 0.3) is 0 Å². The number of rotatable bonds is 6. The van der Waals surface area contributed by atoms with Gasteiger partial charge in [0.15, 0.2) is 5.60 Å². The Hall–Kier alpha value is -1.92. The third kappa shape index (κ3) is 1.81. The normalized spacial score (nSPS) is 35.6. The molecule has 0 N–H and O–H groups in total. The van der Waals surface area contributed by atoms with Crippen LogP contribution in [0.5, 0.6) is 0 Å². The molecular weight excluding hydrogens is 376 g/mol.